The maximum atomic E-state index is 14.1. The quantitative estimate of drug-likeness (QED) is 0.553. The predicted octanol–water partition coefficient (Wildman–Crippen LogP) is 3.96. The van der Waals surface area contributed by atoms with E-state index in [-0.39, 0.29) is 35.3 Å². The second-order valence-electron chi connectivity index (χ2n) is 12.9. The lowest BCUT2D eigenvalue weighted by Gasteiger charge is -2.60. The molecule has 38 heavy (non-hydrogen) atoms. The number of rotatable bonds is 8. The summed E-state index contributed by atoms with van der Waals surface area (Å²) in [5.41, 5.74) is 3.47. The van der Waals surface area contributed by atoms with Gasteiger partial charge in [-0.2, -0.15) is 4.31 Å². The fourth-order valence-electron chi connectivity index (χ4n) is 8.50. The van der Waals surface area contributed by atoms with E-state index in [0.717, 1.165) is 56.5 Å². The van der Waals surface area contributed by atoms with Gasteiger partial charge in [0, 0.05) is 36.0 Å². The van der Waals surface area contributed by atoms with Crippen molar-refractivity contribution in [3.8, 4) is 5.75 Å². The van der Waals surface area contributed by atoms with Gasteiger partial charge in [-0.15, -0.1) is 0 Å². The molecule has 6 nitrogen and oxygen atoms in total. The first kappa shape index (κ1) is 25.1. The third kappa shape index (κ3) is 3.87. The molecule has 1 spiro atoms. The van der Waals surface area contributed by atoms with Gasteiger partial charge >= 0.3 is 0 Å². The Morgan fingerprint density at radius 2 is 1.92 bits per heavy atom. The van der Waals surface area contributed by atoms with Crippen molar-refractivity contribution in [2.24, 2.45) is 17.8 Å². The molecule has 5 aliphatic rings. The second kappa shape index (κ2) is 9.05. The molecule has 2 aromatic carbocycles. The zero-order valence-electron chi connectivity index (χ0n) is 22.5. The van der Waals surface area contributed by atoms with Crippen molar-refractivity contribution in [2.45, 2.75) is 81.4 Å². The molecule has 7 heteroatoms. The molecule has 7 atom stereocenters. The predicted molar refractivity (Wildman–Crippen MR) is 147 cm³/mol. The highest BCUT2D eigenvalue weighted by Crippen LogP contribution is 2.63. The van der Waals surface area contributed by atoms with E-state index >= 15 is 0 Å². The van der Waals surface area contributed by atoms with Crippen LogP contribution in [-0.4, -0.2) is 66.7 Å². The molecule has 0 amide bonds. The highest BCUT2D eigenvalue weighted by Gasteiger charge is 2.66. The van der Waals surface area contributed by atoms with Crippen molar-refractivity contribution in [2.75, 3.05) is 19.6 Å². The minimum absolute atomic E-state index is 0.0263. The summed E-state index contributed by atoms with van der Waals surface area (Å²) in [6.45, 7) is 6.70. The summed E-state index contributed by atoms with van der Waals surface area (Å²) < 4.78 is 36.9. The molecule has 3 aliphatic carbocycles. The van der Waals surface area contributed by atoms with Crippen LogP contribution in [-0.2, 0) is 27.6 Å². The van der Waals surface area contributed by atoms with E-state index in [9.17, 15) is 13.5 Å². The highest BCUT2D eigenvalue weighted by molar-refractivity contribution is 7.88. The summed E-state index contributed by atoms with van der Waals surface area (Å²) in [4.78, 5) is 2.65. The number of piperidine rings is 1. The molecule has 2 aromatic rings. The number of likely N-dealkylation sites (tertiary alicyclic amines) is 1. The monoisotopic (exact) mass is 536 g/mol. The summed E-state index contributed by atoms with van der Waals surface area (Å²) in [6.07, 6.45) is 4.51. The number of benzene rings is 2. The zero-order chi connectivity index (χ0) is 26.2. The fourth-order valence-corrected chi connectivity index (χ4v) is 10.4. The summed E-state index contributed by atoms with van der Waals surface area (Å²) >= 11 is 0. The Labute approximate surface area is 227 Å². The van der Waals surface area contributed by atoms with Crippen molar-refractivity contribution in [1.82, 2.24) is 9.21 Å². The van der Waals surface area contributed by atoms with Crippen LogP contribution in [0.4, 0.5) is 0 Å². The first-order chi connectivity index (χ1) is 18.3. The van der Waals surface area contributed by atoms with Crippen LogP contribution in [0.5, 0.6) is 5.75 Å². The van der Waals surface area contributed by atoms with Crippen molar-refractivity contribution in [3.05, 3.63) is 65.2 Å². The maximum absolute atomic E-state index is 14.1. The molecule has 2 unspecified atom stereocenters. The lowest BCUT2D eigenvalue weighted by atomic mass is 9.51. The van der Waals surface area contributed by atoms with Crippen LogP contribution in [0.15, 0.2) is 48.5 Å². The van der Waals surface area contributed by atoms with Crippen LogP contribution in [0.3, 0.4) is 0 Å². The van der Waals surface area contributed by atoms with Gasteiger partial charge in [-0.3, -0.25) is 4.90 Å². The van der Waals surface area contributed by atoms with Gasteiger partial charge in [0.1, 0.15) is 11.9 Å². The smallest absolute Gasteiger partial charge is 0.218 e. The molecule has 2 bridgehead atoms. The third-order valence-electron chi connectivity index (χ3n) is 10.1. The van der Waals surface area contributed by atoms with Gasteiger partial charge in [-0.1, -0.05) is 56.3 Å². The minimum atomic E-state index is -3.55. The van der Waals surface area contributed by atoms with Gasteiger partial charge in [-0.05, 0) is 67.7 Å². The van der Waals surface area contributed by atoms with Gasteiger partial charge in [0.15, 0.2) is 0 Å². The van der Waals surface area contributed by atoms with E-state index in [2.05, 4.69) is 36.9 Å². The Hall–Kier alpha value is -1.93. The molecular weight excluding hydrogens is 496 g/mol. The number of hydrogen-bond acceptors (Lipinski definition) is 5. The second-order valence-corrected chi connectivity index (χ2v) is 14.8. The molecule has 0 radical (unpaired) electrons. The lowest BCUT2D eigenvalue weighted by molar-refractivity contribution is -0.0787. The Balaban J connectivity index is 1.27. The van der Waals surface area contributed by atoms with Crippen LogP contribution < -0.4 is 4.74 Å². The zero-order valence-corrected chi connectivity index (χ0v) is 23.3. The van der Waals surface area contributed by atoms with Crippen LogP contribution in [0.25, 0.3) is 0 Å². The first-order valence-electron chi connectivity index (χ1n) is 14.5. The van der Waals surface area contributed by atoms with Crippen molar-refractivity contribution >= 4 is 10.0 Å². The van der Waals surface area contributed by atoms with Crippen LogP contribution >= 0.6 is 0 Å². The Morgan fingerprint density at radius 3 is 2.66 bits per heavy atom. The van der Waals surface area contributed by atoms with E-state index in [1.165, 1.54) is 11.1 Å². The van der Waals surface area contributed by atoms with Crippen molar-refractivity contribution < 1.29 is 18.3 Å². The SMILES string of the molecule is CC(C)CN([C@@H]1CC[C@H]2[C@H]3Cc4cccc5c4[C@@]2(CCN3CC2CC2O)[C@H]1O5)S(=O)(=O)Cc1ccccc1. The van der Waals surface area contributed by atoms with Gasteiger partial charge in [0.05, 0.1) is 17.9 Å². The van der Waals surface area contributed by atoms with Gasteiger partial charge in [0.2, 0.25) is 10.0 Å². The largest absolute Gasteiger partial charge is 0.487 e. The molecule has 1 N–H and O–H groups in total. The average molecular weight is 537 g/mol. The summed E-state index contributed by atoms with van der Waals surface area (Å²) in [5, 5.41) is 10.1. The Bertz CT molecular complexity index is 1310. The molecule has 2 aliphatic heterocycles. The van der Waals surface area contributed by atoms with Gasteiger partial charge in [-0.25, -0.2) is 8.42 Å². The van der Waals surface area contributed by atoms with E-state index in [4.69, 9.17) is 4.74 Å². The van der Waals surface area contributed by atoms with Crippen LogP contribution in [0, 0.1) is 17.8 Å². The molecule has 2 heterocycles. The number of nitrogens with zero attached hydrogens (tertiary/aromatic N) is 2. The molecule has 2 saturated carbocycles. The Morgan fingerprint density at radius 1 is 1.13 bits per heavy atom. The molecule has 7 rings (SSSR count). The number of aliphatic hydroxyl groups is 1. The van der Waals surface area contributed by atoms with E-state index in [1.54, 1.807) is 0 Å². The number of ether oxygens (including phenoxy) is 1. The number of aliphatic hydroxyl groups excluding tert-OH is 1. The van der Waals surface area contributed by atoms with E-state index in [1.807, 2.05) is 34.6 Å². The fraction of sp³-hybridized carbons (Fsp3) is 0.613. The van der Waals surface area contributed by atoms with E-state index < -0.39 is 10.0 Å². The maximum Gasteiger partial charge on any atom is 0.218 e. The highest BCUT2D eigenvalue weighted by atomic mass is 32.2. The molecule has 0 aromatic heterocycles. The van der Waals surface area contributed by atoms with Gasteiger partial charge < -0.3 is 9.84 Å². The number of sulfonamides is 1. The molecule has 3 fully saturated rings. The topological polar surface area (TPSA) is 70.1 Å². The minimum Gasteiger partial charge on any atom is -0.487 e. The molecule has 1 saturated heterocycles. The molecule has 204 valence electrons. The first-order valence-corrected chi connectivity index (χ1v) is 16.1. The Kier molecular flexibility index (Phi) is 5.97. The van der Waals surface area contributed by atoms with Crippen LogP contribution in [0.1, 0.15) is 56.2 Å². The van der Waals surface area contributed by atoms with Crippen LogP contribution in [0.2, 0.25) is 0 Å². The summed E-state index contributed by atoms with van der Waals surface area (Å²) in [5.74, 6) is 2.11. The van der Waals surface area contributed by atoms with E-state index in [0.29, 0.717) is 24.4 Å². The lowest BCUT2D eigenvalue weighted by Crippen LogP contribution is -2.69. The van der Waals surface area contributed by atoms with Crippen molar-refractivity contribution in [3.63, 3.8) is 0 Å². The van der Waals surface area contributed by atoms with Gasteiger partial charge in [0.25, 0.3) is 0 Å². The normalized spacial score (nSPS) is 35.3. The third-order valence-corrected chi connectivity index (χ3v) is 12.0. The van der Waals surface area contributed by atoms with Crippen molar-refractivity contribution in [1.29, 1.82) is 0 Å². The molecular formula is C31H40N2O4S. The summed E-state index contributed by atoms with van der Waals surface area (Å²) in [6, 6.07) is 16.3. The standard InChI is InChI=1S/C31H40N2O4S/c1-20(2)17-33(38(35,36)19-21-7-4-3-5-8-21)25-12-11-24-26-15-22-9-6-10-28-29(22)31(24,30(25)37-28)13-14-32(26)18-23-16-27(23)34/h3-10,20,23-27,30,34H,11-19H2,1-2H3/t23?,24-,25+,26+,27?,30-,31-/m0/s1. The number of hydrogen-bond donors (Lipinski definition) is 1. The average Bonchev–Trinajstić information content (AvgIpc) is 3.47. The summed E-state index contributed by atoms with van der Waals surface area (Å²) in [7, 11) is -3.55.